The second-order valence-corrected chi connectivity index (χ2v) is 7.38. The lowest BCUT2D eigenvalue weighted by Crippen LogP contribution is -2.34. The average molecular weight is 312 g/mol. The van der Waals surface area contributed by atoms with Gasteiger partial charge in [-0.25, -0.2) is 4.79 Å². The molecule has 20 heavy (non-hydrogen) atoms. The number of H-pyrrole nitrogens is 1. The van der Waals surface area contributed by atoms with Crippen LogP contribution in [0.1, 0.15) is 18.9 Å². The summed E-state index contributed by atoms with van der Waals surface area (Å²) in [6.07, 6.45) is 4.12. The monoisotopic (exact) mass is 311 g/mol. The smallest absolute Gasteiger partial charge is 0.305 e. The molecule has 0 bridgehead atoms. The zero-order valence-electron chi connectivity index (χ0n) is 11.4. The molecule has 1 unspecified atom stereocenters. The van der Waals surface area contributed by atoms with E-state index in [1.165, 1.54) is 0 Å². The fraction of sp³-hybridized carbons (Fsp3) is 0.429. The van der Waals surface area contributed by atoms with Gasteiger partial charge in [0.1, 0.15) is 0 Å². The van der Waals surface area contributed by atoms with Crippen molar-refractivity contribution in [2.24, 2.45) is 0 Å². The molecule has 1 atom stereocenters. The van der Waals surface area contributed by atoms with E-state index in [-0.39, 0.29) is 22.4 Å². The highest BCUT2D eigenvalue weighted by molar-refractivity contribution is 8.11. The number of aromatic amines is 1. The van der Waals surface area contributed by atoms with Crippen molar-refractivity contribution in [3.8, 4) is 0 Å². The third-order valence-corrected chi connectivity index (χ3v) is 5.39. The van der Waals surface area contributed by atoms with Gasteiger partial charge in [-0.1, -0.05) is 17.5 Å². The third kappa shape index (κ3) is 2.45. The molecule has 2 heterocycles. The molecule has 2 aromatic rings. The predicted molar refractivity (Wildman–Crippen MR) is 88.0 cm³/mol. The Morgan fingerprint density at radius 2 is 2.10 bits per heavy atom. The van der Waals surface area contributed by atoms with Gasteiger partial charge in [-0.3, -0.25) is 8.87 Å². The van der Waals surface area contributed by atoms with Crippen LogP contribution >= 0.6 is 22.3 Å². The van der Waals surface area contributed by atoms with Crippen LogP contribution in [0.3, 0.4) is 0 Å². The summed E-state index contributed by atoms with van der Waals surface area (Å²) in [6.45, 7) is 2.00. The highest BCUT2D eigenvalue weighted by Crippen LogP contribution is 2.29. The molecule has 1 fully saturated rings. The van der Waals surface area contributed by atoms with E-state index >= 15 is 0 Å². The van der Waals surface area contributed by atoms with Crippen molar-refractivity contribution in [3.63, 3.8) is 0 Å². The molecule has 1 saturated heterocycles. The minimum Gasteiger partial charge on any atom is -0.305 e. The molecular weight excluding hydrogens is 294 g/mol. The highest BCUT2D eigenvalue weighted by atomic mass is 35.5. The van der Waals surface area contributed by atoms with E-state index in [4.69, 9.17) is 11.6 Å². The Morgan fingerprint density at radius 1 is 1.40 bits per heavy atom. The minimum atomic E-state index is -0.0363. The van der Waals surface area contributed by atoms with Gasteiger partial charge in [0, 0.05) is 24.2 Å². The summed E-state index contributed by atoms with van der Waals surface area (Å²) in [5.41, 5.74) is 1.73. The van der Waals surface area contributed by atoms with Crippen molar-refractivity contribution in [2.75, 3.05) is 19.3 Å². The fourth-order valence-electron chi connectivity index (χ4n) is 2.88. The molecular formula is C14H18ClN3OS. The standard InChI is InChI=1S/C14H18ClN3OS/c1-20(2)17-7-5-11(6-8-17)18-13-4-3-10(15)9-12(13)16-14(18)19/h3-4,9,11H,1,5-8H2,2H3,(H,16,19). The lowest BCUT2D eigenvalue weighted by Gasteiger charge is -2.32. The summed E-state index contributed by atoms with van der Waals surface area (Å²) in [5.74, 6) is 4.09. The maximum atomic E-state index is 12.2. The van der Waals surface area contributed by atoms with Gasteiger partial charge in [0.15, 0.2) is 0 Å². The van der Waals surface area contributed by atoms with Crippen LogP contribution in [0, 0.1) is 0 Å². The van der Waals surface area contributed by atoms with Crippen molar-refractivity contribution < 1.29 is 0 Å². The molecule has 1 aliphatic rings. The van der Waals surface area contributed by atoms with Crippen molar-refractivity contribution in [1.82, 2.24) is 13.9 Å². The van der Waals surface area contributed by atoms with E-state index in [9.17, 15) is 4.79 Å². The third-order valence-electron chi connectivity index (χ3n) is 3.91. The molecule has 0 aliphatic carbocycles. The number of benzene rings is 1. The van der Waals surface area contributed by atoms with Crippen molar-refractivity contribution >= 4 is 39.2 Å². The lowest BCUT2D eigenvalue weighted by atomic mass is 10.1. The average Bonchev–Trinajstić information content (AvgIpc) is 2.73. The summed E-state index contributed by atoms with van der Waals surface area (Å²) in [6, 6.07) is 5.83. The van der Waals surface area contributed by atoms with Crippen LogP contribution in [0.25, 0.3) is 11.0 Å². The Hall–Kier alpha value is -1.04. The molecule has 0 amide bonds. The van der Waals surface area contributed by atoms with E-state index in [0.717, 1.165) is 37.0 Å². The van der Waals surface area contributed by atoms with Crippen LogP contribution in [-0.2, 0) is 0 Å². The topological polar surface area (TPSA) is 41.0 Å². The van der Waals surface area contributed by atoms with Gasteiger partial charge in [0.2, 0.25) is 0 Å². The van der Waals surface area contributed by atoms with Gasteiger partial charge in [-0.2, -0.15) is 0 Å². The molecule has 4 nitrogen and oxygen atoms in total. The summed E-state index contributed by atoms with van der Waals surface area (Å²) in [5, 5.41) is 0.646. The Bertz CT molecular complexity index is 713. The van der Waals surface area contributed by atoms with Gasteiger partial charge in [0.25, 0.3) is 0 Å². The number of halogens is 1. The first-order valence-electron chi connectivity index (χ1n) is 6.67. The van der Waals surface area contributed by atoms with Gasteiger partial charge < -0.3 is 4.98 Å². The summed E-state index contributed by atoms with van der Waals surface area (Å²) in [4.78, 5) is 15.1. The van der Waals surface area contributed by atoms with Gasteiger partial charge in [0.05, 0.1) is 11.0 Å². The second-order valence-electron chi connectivity index (χ2n) is 5.22. The molecule has 1 aromatic heterocycles. The summed E-state index contributed by atoms with van der Waals surface area (Å²) >= 11 is 5.98. The molecule has 3 rings (SSSR count). The fourth-order valence-corrected chi connectivity index (χ4v) is 3.88. The SMILES string of the molecule is C=S(C)N1CCC(n2c(=O)[nH]c3cc(Cl)ccc32)CC1. The van der Waals surface area contributed by atoms with Gasteiger partial charge in [-0.15, -0.1) is 10.7 Å². The molecule has 1 N–H and O–H groups in total. The second kappa shape index (κ2) is 5.39. The number of nitrogens with one attached hydrogen (secondary N) is 1. The van der Waals surface area contributed by atoms with Crippen molar-refractivity contribution in [2.45, 2.75) is 18.9 Å². The normalized spacial score (nSPS) is 19.5. The molecule has 0 spiro atoms. The molecule has 6 heteroatoms. The maximum absolute atomic E-state index is 12.2. The Balaban J connectivity index is 1.93. The number of imidazole rings is 1. The van der Waals surface area contributed by atoms with E-state index in [0.29, 0.717) is 5.02 Å². The number of nitrogens with zero attached hydrogens (tertiary/aromatic N) is 2. The van der Waals surface area contributed by atoms with Crippen molar-refractivity contribution in [3.05, 3.63) is 33.7 Å². The summed E-state index contributed by atoms with van der Waals surface area (Å²) < 4.78 is 4.27. The molecule has 0 radical (unpaired) electrons. The van der Waals surface area contributed by atoms with E-state index < -0.39 is 0 Å². The number of aromatic nitrogens is 2. The number of hydrogen-bond acceptors (Lipinski definition) is 2. The van der Waals surface area contributed by atoms with E-state index in [2.05, 4.69) is 21.4 Å². The number of rotatable bonds is 2. The van der Waals surface area contributed by atoms with E-state index in [1.54, 1.807) is 0 Å². The van der Waals surface area contributed by atoms with Crippen molar-refractivity contribution in [1.29, 1.82) is 0 Å². The largest absolute Gasteiger partial charge is 0.326 e. The van der Waals surface area contributed by atoms with E-state index in [1.807, 2.05) is 22.8 Å². The Labute approximate surface area is 125 Å². The molecule has 0 saturated carbocycles. The first kappa shape index (κ1) is 13.9. The zero-order chi connectivity index (χ0) is 14.3. The number of fused-ring (bicyclic) bond motifs is 1. The van der Waals surface area contributed by atoms with Gasteiger partial charge in [-0.05, 0) is 37.3 Å². The number of hydrogen-bond donors (Lipinski definition) is 1. The van der Waals surface area contributed by atoms with Crippen LogP contribution in [-0.4, -0.2) is 39.1 Å². The first-order chi connectivity index (χ1) is 9.56. The Morgan fingerprint density at radius 3 is 2.75 bits per heavy atom. The predicted octanol–water partition coefficient (Wildman–Crippen LogP) is 2.87. The summed E-state index contributed by atoms with van der Waals surface area (Å²) in [7, 11) is 0.0714. The van der Waals surface area contributed by atoms with Crippen LogP contribution in [0.4, 0.5) is 0 Å². The minimum absolute atomic E-state index is 0.0363. The first-order valence-corrected chi connectivity index (χ1v) is 8.80. The zero-order valence-corrected chi connectivity index (χ0v) is 13.0. The van der Waals surface area contributed by atoms with Crippen LogP contribution in [0.15, 0.2) is 23.0 Å². The van der Waals surface area contributed by atoms with Crippen LogP contribution < -0.4 is 5.69 Å². The maximum Gasteiger partial charge on any atom is 0.326 e. The highest BCUT2D eigenvalue weighted by Gasteiger charge is 2.23. The Kier molecular flexibility index (Phi) is 3.75. The quantitative estimate of drug-likeness (QED) is 0.866. The molecule has 108 valence electrons. The number of piperidine rings is 1. The molecule has 1 aromatic carbocycles. The lowest BCUT2D eigenvalue weighted by molar-refractivity contribution is 0.291. The van der Waals surface area contributed by atoms with Crippen LogP contribution in [0.2, 0.25) is 5.02 Å². The van der Waals surface area contributed by atoms with Gasteiger partial charge >= 0.3 is 5.69 Å². The molecule has 1 aliphatic heterocycles. The van der Waals surface area contributed by atoms with Crippen LogP contribution in [0.5, 0.6) is 0 Å².